The van der Waals surface area contributed by atoms with E-state index in [0.29, 0.717) is 0 Å². The van der Waals surface area contributed by atoms with E-state index in [2.05, 4.69) is 46.3 Å². The van der Waals surface area contributed by atoms with Gasteiger partial charge in [-0.05, 0) is 58.7 Å². The zero-order valence-electron chi connectivity index (χ0n) is 9.54. The highest BCUT2D eigenvalue weighted by atomic mass is 127. The Morgan fingerprint density at radius 1 is 1.42 bits per heavy atom. The van der Waals surface area contributed by atoms with Crippen molar-refractivity contribution in [3.63, 3.8) is 0 Å². The van der Waals surface area contributed by atoms with E-state index in [1.165, 1.54) is 14.7 Å². The zero-order valence-corrected chi connectivity index (χ0v) is 11.7. The van der Waals surface area contributed by atoms with Gasteiger partial charge in [-0.15, -0.1) is 0 Å². The van der Waals surface area contributed by atoms with Crippen molar-refractivity contribution in [3.05, 3.63) is 32.9 Å². The summed E-state index contributed by atoms with van der Waals surface area (Å²) in [6.45, 7) is 0. The normalized spacial score (nSPS) is 17.4. The van der Waals surface area contributed by atoms with Crippen LogP contribution in [0.4, 0.5) is 13.2 Å². The molecule has 0 amide bonds. The van der Waals surface area contributed by atoms with Crippen molar-refractivity contribution in [1.29, 1.82) is 0 Å². The third-order valence-corrected chi connectivity index (χ3v) is 3.26. The van der Waals surface area contributed by atoms with E-state index in [4.69, 9.17) is 15.1 Å². The molecule has 8 heteroatoms. The van der Waals surface area contributed by atoms with Gasteiger partial charge in [-0.3, -0.25) is 0 Å². The molecule has 0 radical (unpaired) electrons. The molecule has 3 N–H and O–H groups in total. The van der Waals surface area contributed by atoms with Gasteiger partial charge in [0.2, 0.25) is 0 Å². The predicted molar refractivity (Wildman–Crippen MR) is 68.8 cm³/mol. The van der Waals surface area contributed by atoms with E-state index in [-0.39, 0.29) is 6.04 Å². The monoisotopic (exact) mass is 389 g/mol. The summed E-state index contributed by atoms with van der Waals surface area (Å²) in [5, 5.41) is 16.0. The number of hydrogen-bond donors (Lipinski definition) is 3. The molecule has 1 unspecified atom stereocenters. The van der Waals surface area contributed by atoms with Crippen molar-refractivity contribution in [2.24, 2.45) is 0 Å². The lowest BCUT2D eigenvalue weighted by atomic mass is 10.1. The van der Waals surface area contributed by atoms with Crippen LogP contribution >= 0.6 is 22.6 Å². The third kappa shape index (κ3) is 4.62. The highest BCUT2D eigenvalue weighted by Gasteiger charge is 2.38. The van der Waals surface area contributed by atoms with Crippen LogP contribution in [0.3, 0.4) is 0 Å². The molecular formula is C11H11F3INO3. The van der Waals surface area contributed by atoms with Crippen molar-refractivity contribution in [2.75, 3.05) is 0 Å². The van der Waals surface area contributed by atoms with Crippen molar-refractivity contribution in [1.82, 2.24) is 5.48 Å². The minimum atomic E-state index is -5.08. The van der Waals surface area contributed by atoms with Crippen LogP contribution in [0.15, 0.2) is 18.2 Å². The fraction of sp³-hybridized carbons (Fsp3) is 0.364. The fourth-order valence-electron chi connectivity index (χ4n) is 1.71. The minimum absolute atomic E-state index is 0.148. The van der Waals surface area contributed by atoms with E-state index in [9.17, 15) is 13.2 Å². The molecule has 0 fully saturated rings. The Kier molecular flexibility index (Phi) is 5.56. The number of benzene rings is 1. The molecule has 0 heterocycles. The van der Waals surface area contributed by atoms with Crippen LogP contribution in [0, 0.1) is 3.57 Å². The second-order valence-electron chi connectivity index (χ2n) is 3.87. The Labute approximate surface area is 120 Å². The van der Waals surface area contributed by atoms with Gasteiger partial charge in [-0.1, -0.05) is 6.07 Å². The van der Waals surface area contributed by atoms with Gasteiger partial charge in [0, 0.05) is 3.57 Å². The Hall–Kier alpha value is -0.870. The molecule has 0 saturated carbocycles. The molecule has 1 atom stereocenters. The lowest BCUT2D eigenvalue weighted by Gasteiger charge is -2.08. The van der Waals surface area contributed by atoms with E-state index in [0.717, 1.165) is 12.8 Å². The number of hydroxylamine groups is 1. The number of hydrogen-bond acceptors (Lipinski definition) is 3. The largest absolute Gasteiger partial charge is 0.490 e. The number of aryl methyl sites for hydroxylation is 1. The van der Waals surface area contributed by atoms with Gasteiger partial charge in [0.25, 0.3) is 0 Å². The second-order valence-corrected chi connectivity index (χ2v) is 5.11. The molecular weight excluding hydrogens is 378 g/mol. The van der Waals surface area contributed by atoms with E-state index >= 15 is 0 Å². The molecule has 0 spiro atoms. The molecule has 0 aliphatic heterocycles. The smallest absolute Gasteiger partial charge is 0.475 e. The van der Waals surface area contributed by atoms with Crippen LogP contribution in [0.5, 0.6) is 0 Å². The van der Waals surface area contributed by atoms with Gasteiger partial charge < -0.3 is 10.3 Å². The molecule has 0 aromatic heterocycles. The molecule has 0 saturated heterocycles. The standard InChI is InChI=1S/C9H10INO.C2HF3O2/c10-7-3-1-6-2-4-9(11-12)8(6)5-7;3-2(4,5)1(6)7/h1,3,5,9,11-12H,2,4H2;(H,6,7). The Balaban J connectivity index is 0.000000224. The Morgan fingerprint density at radius 3 is 2.47 bits per heavy atom. The van der Waals surface area contributed by atoms with Crippen molar-refractivity contribution >= 4 is 28.6 Å². The van der Waals surface area contributed by atoms with Gasteiger partial charge in [0.1, 0.15) is 0 Å². The number of nitrogens with one attached hydrogen (secondary N) is 1. The van der Waals surface area contributed by atoms with E-state index in [1.807, 2.05) is 0 Å². The minimum Gasteiger partial charge on any atom is -0.475 e. The third-order valence-electron chi connectivity index (χ3n) is 2.58. The first kappa shape index (κ1) is 16.2. The lowest BCUT2D eigenvalue weighted by Crippen LogP contribution is -2.21. The summed E-state index contributed by atoms with van der Waals surface area (Å²) in [4.78, 5) is 8.90. The number of halogens is 4. The molecule has 1 aromatic carbocycles. The first-order valence-corrected chi connectivity index (χ1v) is 6.31. The molecule has 2 rings (SSSR count). The average Bonchev–Trinajstić information content (AvgIpc) is 2.70. The van der Waals surface area contributed by atoms with Crippen molar-refractivity contribution < 1.29 is 28.3 Å². The summed E-state index contributed by atoms with van der Waals surface area (Å²) in [5.74, 6) is -2.76. The Bertz CT molecular complexity index is 465. The predicted octanol–water partition coefficient (Wildman–Crippen LogP) is 2.89. The summed E-state index contributed by atoms with van der Waals surface area (Å²) in [5.41, 5.74) is 4.96. The molecule has 1 aliphatic rings. The number of carbonyl (C=O) groups is 1. The van der Waals surface area contributed by atoms with Crippen molar-refractivity contribution in [3.8, 4) is 0 Å². The summed E-state index contributed by atoms with van der Waals surface area (Å²) < 4.78 is 33.0. The maximum Gasteiger partial charge on any atom is 0.490 e. The summed E-state index contributed by atoms with van der Waals surface area (Å²) in [7, 11) is 0. The van der Waals surface area contributed by atoms with Gasteiger partial charge in [0.05, 0.1) is 6.04 Å². The first-order chi connectivity index (χ1) is 8.75. The SMILES string of the molecule is O=C(O)C(F)(F)F.ONC1CCc2ccc(I)cc21. The highest BCUT2D eigenvalue weighted by Crippen LogP contribution is 2.31. The maximum atomic E-state index is 10.6. The molecule has 106 valence electrons. The summed E-state index contributed by atoms with van der Waals surface area (Å²) in [6, 6.07) is 6.54. The van der Waals surface area contributed by atoms with Crippen LogP contribution < -0.4 is 5.48 Å². The maximum absolute atomic E-state index is 10.6. The van der Waals surface area contributed by atoms with Gasteiger partial charge in [-0.25, -0.2) is 4.79 Å². The molecule has 1 aromatic rings. The first-order valence-electron chi connectivity index (χ1n) is 5.23. The topological polar surface area (TPSA) is 69.6 Å². The van der Waals surface area contributed by atoms with Gasteiger partial charge in [0.15, 0.2) is 0 Å². The molecule has 1 aliphatic carbocycles. The van der Waals surface area contributed by atoms with Crippen molar-refractivity contribution in [2.45, 2.75) is 25.1 Å². The molecule has 19 heavy (non-hydrogen) atoms. The summed E-state index contributed by atoms with van der Waals surface area (Å²) in [6.07, 6.45) is -3.00. The quantitative estimate of drug-likeness (QED) is 0.511. The average molecular weight is 389 g/mol. The second kappa shape index (κ2) is 6.53. The van der Waals surface area contributed by atoms with Gasteiger partial charge in [-0.2, -0.15) is 18.7 Å². The van der Waals surface area contributed by atoms with Crippen LogP contribution in [-0.4, -0.2) is 22.5 Å². The molecule has 0 bridgehead atoms. The zero-order chi connectivity index (χ0) is 14.6. The van der Waals surface area contributed by atoms with Gasteiger partial charge >= 0.3 is 12.1 Å². The van der Waals surface area contributed by atoms with E-state index in [1.54, 1.807) is 0 Å². The molecule has 4 nitrogen and oxygen atoms in total. The number of aliphatic carboxylic acids is 1. The van der Waals surface area contributed by atoms with Crippen LogP contribution in [-0.2, 0) is 11.2 Å². The Morgan fingerprint density at radius 2 is 2.00 bits per heavy atom. The fourth-order valence-corrected chi connectivity index (χ4v) is 2.22. The van der Waals surface area contributed by atoms with Crippen LogP contribution in [0.1, 0.15) is 23.6 Å². The van der Waals surface area contributed by atoms with E-state index < -0.39 is 12.1 Å². The lowest BCUT2D eigenvalue weighted by molar-refractivity contribution is -0.192. The number of carboxylic acid groups (broad SMARTS) is 1. The summed E-state index contributed by atoms with van der Waals surface area (Å²) >= 11 is 2.29. The van der Waals surface area contributed by atoms with Crippen LogP contribution in [0.25, 0.3) is 0 Å². The number of rotatable bonds is 1. The number of fused-ring (bicyclic) bond motifs is 1. The number of carboxylic acids is 1. The number of alkyl halides is 3. The van der Waals surface area contributed by atoms with Crippen LogP contribution in [0.2, 0.25) is 0 Å². The highest BCUT2D eigenvalue weighted by molar-refractivity contribution is 14.1.